The molecule has 0 bridgehead atoms. The maximum atomic E-state index is 11.0. The minimum absolute atomic E-state index is 0.217. The molecule has 0 aliphatic carbocycles. The van der Waals surface area contributed by atoms with Gasteiger partial charge in [-0.25, -0.2) is 4.79 Å². The lowest BCUT2D eigenvalue weighted by molar-refractivity contribution is -0.136. The molecule has 1 saturated heterocycles. The monoisotopic (exact) mass is 200 g/mol. The Morgan fingerprint density at radius 2 is 1.86 bits per heavy atom. The van der Waals surface area contributed by atoms with E-state index in [0.29, 0.717) is 13.0 Å². The van der Waals surface area contributed by atoms with Gasteiger partial charge in [-0.2, -0.15) is 0 Å². The van der Waals surface area contributed by atoms with Crippen LogP contribution in [-0.4, -0.2) is 29.3 Å². The van der Waals surface area contributed by atoms with E-state index in [-0.39, 0.29) is 6.42 Å². The summed E-state index contributed by atoms with van der Waals surface area (Å²) < 4.78 is 0. The van der Waals surface area contributed by atoms with E-state index in [9.17, 15) is 14.4 Å². The topological polar surface area (TPSA) is 66.5 Å². The number of barbiturate groups is 1. The smallest absolute Gasteiger partial charge is 0.277 e. The second-order valence-corrected chi connectivity index (χ2v) is 2.58. The predicted octanol–water partition coefficient (Wildman–Crippen LogP) is 0.891. The summed E-state index contributed by atoms with van der Waals surface area (Å²) in [6.45, 7) is 6.23. The van der Waals surface area contributed by atoms with Gasteiger partial charge in [-0.15, -0.1) is 0 Å². The number of amides is 4. The molecule has 0 unspecified atom stereocenters. The predicted molar refractivity (Wildman–Crippen MR) is 51.5 cm³/mol. The van der Waals surface area contributed by atoms with Gasteiger partial charge in [0.1, 0.15) is 6.42 Å². The van der Waals surface area contributed by atoms with Crippen molar-refractivity contribution in [2.24, 2.45) is 0 Å². The number of nitrogens with one attached hydrogen (secondary N) is 1. The van der Waals surface area contributed by atoms with E-state index in [1.165, 1.54) is 0 Å². The lowest BCUT2D eigenvalue weighted by atomic mass is 10.3. The Labute approximate surface area is 83.5 Å². The van der Waals surface area contributed by atoms with Crippen molar-refractivity contribution in [2.75, 3.05) is 6.54 Å². The Morgan fingerprint density at radius 1 is 1.29 bits per heavy atom. The highest BCUT2D eigenvalue weighted by atomic mass is 16.2. The molecular formula is C9H16N2O3. The van der Waals surface area contributed by atoms with Gasteiger partial charge < -0.3 is 0 Å². The zero-order chi connectivity index (χ0) is 11.1. The molecule has 4 amide bonds. The fraction of sp³-hybridized carbons (Fsp3) is 0.667. The van der Waals surface area contributed by atoms with E-state index in [2.05, 4.69) is 5.32 Å². The first kappa shape index (κ1) is 12.6. The van der Waals surface area contributed by atoms with E-state index in [1.54, 1.807) is 0 Å². The van der Waals surface area contributed by atoms with Gasteiger partial charge in [-0.05, 0) is 6.42 Å². The summed E-state index contributed by atoms with van der Waals surface area (Å²) in [6.07, 6.45) is 0.485. The highest BCUT2D eigenvalue weighted by Gasteiger charge is 2.29. The molecule has 0 radical (unpaired) electrons. The lowest BCUT2D eigenvalue weighted by Gasteiger charge is -2.23. The maximum absolute atomic E-state index is 11.0. The number of nitrogens with zero attached hydrogens (tertiary/aromatic N) is 1. The Balaban J connectivity index is 0.000000791. The zero-order valence-electron chi connectivity index (χ0n) is 8.79. The van der Waals surface area contributed by atoms with Crippen LogP contribution in [-0.2, 0) is 9.59 Å². The van der Waals surface area contributed by atoms with Crippen molar-refractivity contribution in [3.05, 3.63) is 0 Å². The van der Waals surface area contributed by atoms with Crippen LogP contribution in [0.3, 0.4) is 0 Å². The Hall–Kier alpha value is -1.39. The minimum Gasteiger partial charge on any atom is -0.277 e. The van der Waals surface area contributed by atoms with E-state index >= 15 is 0 Å². The highest BCUT2D eigenvalue weighted by Crippen LogP contribution is 2.02. The zero-order valence-corrected chi connectivity index (χ0v) is 8.79. The summed E-state index contributed by atoms with van der Waals surface area (Å²) in [7, 11) is 0. The Bertz CT molecular complexity index is 218. The van der Waals surface area contributed by atoms with E-state index in [4.69, 9.17) is 0 Å². The molecule has 80 valence electrons. The number of carbonyl (C=O) groups excluding carboxylic acids is 3. The molecule has 1 rings (SSSR count). The molecular weight excluding hydrogens is 184 g/mol. The molecule has 0 spiro atoms. The molecule has 1 N–H and O–H groups in total. The molecule has 0 aromatic heterocycles. The molecule has 1 heterocycles. The van der Waals surface area contributed by atoms with Crippen molar-refractivity contribution < 1.29 is 14.4 Å². The fourth-order valence-corrected chi connectivity index (χ4v) is 1.03. The number of hydrogen-bond donors (Lipinski definition) is 1. The lowest BCUT2D eigenvalue weighted by Crippen LogP contribution is -2.52. The summed E-state index contributed by atoms with van der Waals surface area (Å²) in [6, 6.07) is -0.599. The average molecular weight is 200 g/mol. The molecule has 0 saturated carbocycles. The second kappa shape index (κ2) is 6.12. The van der Waals surface area contributed by atoms with Crippen LogP contribution in [0.5, 0.6) is 0 Å². The molecule has 0 aromatic carbocycles. The van der Waals surface area contributed by atoms with Gasteiger partial charge in [0.05, 0.1) is 0 Å². The molecule has 14 heavy (non-hydrogen) atoms. The standard InChI is InChI=1S/C7H10N2O3.C2H6/c1-2-3-9-6(11)4-5(10)8-7(9)12;1-2/h2-4H2,1H3,(H,8,10,12);1-2H3. The van der Waals surface area contributed by atoms with Crippen LogP contribution < -0.4 is 5.32 Å². The maximum Gasteiger partial charge on any atom is 0.330 e. The van der Waals surface area contributed by atoms with Crippen LogP contribution in [0.25, 0.3) is 0 Å². The van der Waals surface area contributed by atoms with Gasteiger partial charge >= 0.3 is 6.03 Å². The fourth-order valence-electron chi connectivity index (χ4n) is 1.03. The third-order valence-electron chi connectivity index (χ3n) is 1.55. The van der Waals surface area contributed by atoms with Crippen LogP contribution in [0.1, 0.15) is 33.6 Å². The number of rotatable bonds is 2. The number of imide groups is 2. The van der Waals surface area contributed by atoms with Crippen LogP contribution in [0.4, 0.5) is 4.79 Å². The first-order chi connectivity index (χ1) is 6.65. The van der Waals surface area contributed by atoms with Gasteiger partial charge in [0.2, 0.25) is 11.8 Å². The Kier molecular flexibility index (Phi) is 5.52. The molecule has 0 aromatic rings. The summed E-state index contributed by atoms with van der Waals surface area (Å²) in [5.74, 6) is -0.928. The van der Waals surface area contributed by atoms with E-state index in [0.717, 1.165) is 4.90 Å². The van der Waals surface area contributed by atoms with Gasteiger partial charge in [0.25, 0.3) is 0 Å². The quantitative estimate of drug-likeness (QED) is 0.673. The summed E-state index contributed by atoms with van der Waals surface area (Å²) in [5.41, 5.74) is 0. The summed E-state index contributed by atoms with van der Waals surface area (Å²) in [4.78, 5) is 33.7. The van der Waals surface area contributed by atoms with Gasteiger partial charge in [0, 0.05) is 6.54 Å². The third-order valence-corrected chi connectivity index (χ3v) is 1.55. The average Bonchev–Trinajstić information content (AvgIpc) is 2.14. The van der Waals surface area contributed by atoms with Crippen molar-refractivity contribution in [3.63, 3.8) is 0 Å². The SMILES string of the molecule is CC.CCCN1C(=O)CC(=O)NC1=O. The first-order valence-corrected chi connectivity index (χ1v) is 4.79. The molecule has 0 atom stereocenters. The first-order valence-electron chi connectivity index (χ1n) is 4.79. The van der Waals surface area contributed by atoms with Crippen molar-refractivity contribution in [3.8, 4) is 0 Å². The number of hydrogen-bond acceptors (Lipinski definition) is 3. The molecule has 5 heteroatoms. The highest BCUT2D eigenvalue weighted by molar-refractivity contribution is 6.14. The molecule has 1 aliphatic heterocycles. The molecule has 1 fully saturated rings. The van der Waals surface area contributed by atoms with Crippen molar-refractivity contribution in [1.82, 2.24) is 10.2 Å². The van der Waals surface area contributed by atoms with Crippen LogP contribution in [0, 0.1) is 0 Å². The number of carbonyl (C=O) groups is 3. The van der Waals surface area contributed by atoms with E-state index in [1.807, 2.05) is 20.8 Å². The summed E-state index contributed by atoms with van der Waals surface area (Å²) >= 11 is 0. The largest absolute Gasteiger partial charge is 0.330 e. The van der Waals surface area contributed by atoms with Crippen LogP contribution in [0.2, 0.25) is 0 Å². The van der Waals surface area contributed by atoms with Crippen LogP contribution >= 0.6 is 0 Å². The Morgan fingerprint density at radius 3 is 2.29 bits per heavy atom. The third kappa shape index (κ3) is 3.16. The van der Waals surface area contributed by atoms with Crippen LogP contribution in [0.15, 0.2) is 0 Å². The second-order valence-electron chi connectivity index (χ2n) is 2.58. The van der Waals surface area contributed by atoms with Gasteiger partial charge in [-0.3, -0.25) is 19.8 Å². The van der Waals surface area contributed by atoms with E-state index < -0.39 is 17.8 Å². The van der Waals surface area contributed by atoms with Crippen molar-refractivity contribution >= 4 is 17.8 Å². The van der Waals surface area contributed by atoms with Gasteiger partial charge in [-0.1, -0.05) is 20.8 Å². The number of urea groups is 1. The molecule has 5 nitrogen and oxygen atoms in total. The minimum atomic E-state index is -0.599. The normalized spacial score (nSPS) is 15.9. The summed E-state index contributed by atoms with van der Waals surface area (Å²) in [5, 5.41) is 2.07. The van der Waals surface area contributed by atoms with Crippen molar-refractivity contribution in [2.45, 2.75) is 33.6 Å². The molecule has 1 aliphatic rings. The van der Waals surface area contributed by atoms with Crippen molar-refractivity contribution in [1.29, 1.82) is 0 Å². The van der Waals surface area contributed by atoms with Gasteiger partial charge in [0.15, 0.2) is 0 Å².